The van der Waals surface area contributed by atoms with Crippen LogP contribution in [0.25, 0.3) is 22.4 Å². The number of nitrogens with zero attached hydrogens (tertiary/aromatic N) is 3. The highest BCUT2D eigenvalue weighted by atomic mass is 19.4. The molecule has 1 aliphatic heterocycles. The van der Waals surface area contributed by atoms with Gasteiger partial charge in [0.1, 0.15) is 23.7 Å². The van der Waals surface area contributed by atoms with Gasteiger partial charge in [0, 0.05) is 44.0 Å². The Balaban J connectivity index is 1.13. The van der Waals surface area contributed by atoms with E-state index >= 15 is 0 Å². The summed E-state index contributed by atoms with van der Waals surface area (Å²) in [5.41, 5.74) is 5.54. The number of carbonyl (C=O) groups excluding carboxylic acids is 1. The van der Waals surface area contributed by atoms with Crippen LogP contribution in [0.1, 0.15) is 12.5 Å². The first-order valence-electron chi connectivity index (χ1n) is 13.0. The summed E-state index contributed by atoms with van der Waals surface area (Å²) >= 11 is 0. The van der Waals surface area contributed by atoms with Crippen LogP contribution < -0.4 is 15.0 Å². The zero-order valence-electron chi connectivity index (χ0n) is 21.6. The number of H-pyrrole nitrogens is 1. The van der Waals surface area contributed by atoms with Crippen LogP contribution in [0, 0.1) is 0 Å². The number of carbonyl (C=O) groups is 1. The van der Waals surface area contributed by atoms with E-state index < -0.39 is 12.1 Å². The number of halogens is 3. The molecule has 39 heavy (non-hydrogen) atoms. The Morgan fingerprint density at radius 2 is 1.72 bits per heavy atom. The molecule has 0 radical (unpaired) electrons. The Morgan fingerprint density at radius 3 is 2.38 bits per heavy atom. The van der Waals surface area contributed by atoms with Crippen molar-refractivity contribution >= 4 is 28.3 Å². The largest absolute Gasteiger partial charge is 0.492 e. The lowest BCUT2D eigenvalue weighted by Crippen LogP contribution is -2.47. The van der Waals surface area contributed by atoms with E-state index in [4.69, 9.17) is 9.72 Å². The second kappa shape index (κ2) is 11.4. The Bertz CT molecular complexity index is 1410. The molecule has 0 saturated carbocycles. The van der Waals surface area contributed by atoms with Gasteiger partial charge in [0.2, 0.25) is 0 Å². The number of anilines is 2. The van der Waals surface area contributed by atoms with Crippen LogP contribution in [-0.4, -0.2) is 66.3 Å². The first-order valence-corrected chi connectivity index (χ1v) is 13.0. The molecule has 7 nitrogen and oxygen atoms in total. The smallest absolute Gasteiger partial charge is 0.471 e. The van der Waals surface area contributed by atoms with Crippen LogP contribution in [0.5, 0.6) is 5.75 Å². The molecule has 10 heteroatoms. The number of ether oxygens (including phenoxy) is 1. The molecule has 5 rings (SSSR count). The summed E-state index contributed by atoms with van der Waals surface area (Å²) in [5, 5.41) is 1.82. The number of alkyl halides is 3. The van der Waals surface area contributed by atoms with Crippen LogP contribution in [0.15, 0.2) is 66.7 Å². The molecule has 0 atom stereocenters. The van der Waals surface area contributed by atoms with Crippen molar-refractivity contribution in [2.45, 2.75) is 19.5 Å². The molecular weight excluding hydrogens is 507 g/mol. The van der Waals surface area contributed by atoms with E-state index in [9.17, 15) is 18.0 Å². The molecule has 0 spiro atoms. The standard InChI is InChI=1S/C29H30F3N5O2/c1-2-20-6-8-21(9-7-20)27-34-24-4-3-5-25(26(24)35-27)37-16-14-36(15-17-37)18-19-39-23-12-10-22(11-13-23)33-28(38)29(30,31)32/h3-13H,2,14-19H2,1H3,(H,33,38)(H,34,35). The van der Waals surface area contributed by atoms with Crippen molar-refractivity contribution in [3.05, 3.63) is 72.3 Å². The normalized spacial score (nSPS) is 14.5. The zero-order valence-corrected chi connectivity index (χ0v) is 21.6. The van der Waals surface area contributed by atoms with Crippen molar-refractivity contribution in [2.24, 2.45) is 0 Å². The van der Waals surface area contributed by atoms with Crippen molar-refractivity contribution in [2.75, 3.05) is 49.5 Å². The predicted octanol–water partition coefficient (Wildman–Crippen LogP) is 5.49. The average molecular weight is 538 g/mol. The van der Waals surface area contributed by atoms with Crippen molar-refractivity contribution in [1.29, 1.82) is 0 Å². The summed E-state index contributed by atoms with van der Waals surface area (Å²) < 4.78 is 42.9. The Hall–Kier alpha value is -4.05. The van der Waals surface area contributed by atoms with Crippen LogP contribution in [-0.2, 0) is 11.2 Å². The molecule has 0 bridgehead atoms. The summed E-state index contributed by atoms with van der Waals surface area (Å²) in [6.45, 7) is 6.79. The number of nitrogens with one attached hydrogen (secondary N) is 2. The number of aryl methyl sites for hydroxylation is 1. The van der Waals surface area contributed by atoms with Crippen LogP contribution in [0.2, 0.25) is 0 Å². The molecule has 204 valence electrons. The first kappa shape index (κ1) is 26.6. The third-order valence-electron chi connectivity index (χ3n) is 6.89. The number of benzene rings is 3. The molecule has 1 amide bonds. The molecule has 0 unspecified atom stereocenters. The average Bonchev–Trinajstić information content (AvgIpc) is 3.39. The highest BCUT2D eigenvalue weighted by Crippen LogP contribution is 2.29. The number of hydrogen-bond donors (Lipinski definition) is 2. The van der Waals surface area contributed by atoms with Gasteiger partial charge < -0.3 is 19.9 Å². The van der Waals surface area contributed by atoms with Gasteiger partial charge in [-0.25, -0.2) is 4.98 Å². The fourth-order valence-corrected chi connectivity index (χ4v) is 4.65. The highest BCUT2D eigenvalue weighted by Gasteiger charge is 2.38. The summed E-state index contributed by atoms with van der Waals surface area (Å²) in [7, 11) is 0. The monoisotopic (exact) mass is 537 g/mol. The number of aromatic nitrogens is 2. The number of hydrogen-bond acceptors (Lipinski definition) is 5. The van der Waals surface area contributed by atoms with Gasteiger partial charge in [0.15, 0.2) is 0 Å². The minimum absolute atomic E-state index is 0.0641. The number of aromatic amines is 1. The predicted molar refractivity (Wildman–Crippen MR) is 146 cm³/mol. The molecule has 4 aromatic rings. The van der Waals surface area contributed by atoms with Crippen LogP contribution in [0.4, 0.5) is 24.5 Å². The second-order valence-corrected chi connectivity index (χ2v) is 9.46. The van der Waals surface area contributed by atoms with E-state index in [1.54, 1.807) is 12.1 Å². The molecule has 2 N–H and O–H groups in total. The summed E-state index contributed by atoms with van der Waals surface area (Å²) in [4.78, 5) is 24.1. The van der Waals surface area contributed by atoms with Gasteiger partial charge in [-0.1, -0.05) is 37.3 Å². The van der Waals surface area contributed by atoms with Crippen molar-refractivity contribution in [3.63, 3.8) is 0 Å². The molecule has 1 aliphatic rings. The van der Waals surface area contributed by atoms with E-state index in [-0.39, 0.29) is 5.69 Å². The summed E-state index contributed by atoms with van der Waals surface area (Å²) in [6.07, 6.45) is -3.92. The van der Waals surface area contributed by atoms with E-state index in [1.165, 1.54) is 17.7 Å². The van der Waals surface area contributed by atoms with Gasteiger partial charge >= 0.3 is 12.1 Å². The van der Waals surface area contributed by atoms with Gasteiger partial charge in [0.05, 0.1) is 11.2 Å². The van der Waals surface area contributed by atoms with Gasteiger partial charge in [-0.2, -0.15) is 13.2 Å². The third-order valence-corrected chi connectivity index (χ3v) is 6.89. The maximum absolute atomic E-state index is 12.4. The van der Waals surface area contributed by atoms with Gasteiger partial charge in [-0.15, -0.1) is 0 Å². The lowest BCUT2D eigenvalue weighted by Gasteiger charge is -2.36. The maximum Gasteiger partial charge on any atom is 0.471 e. The molecule has 1 fully saturated rings. The van der Waals surface area contributed by atoms with Crippen molar-refractivity contribution < 1.29 is 22.7 Å². The molecule has 1 aromatic heterocycles. The van der Waals surface area contributed by atoms with Gasteiger partial charge in [-0.3, -0.25) is 9.69 Å². The van der Waals surface area contributed by atoms with Gasteiger partial charge in [-0.05, 0) is 48.4 Å². The summed E-state index contributed by atoms with van der Waals surface area (Å²) in [5.74, 6) is -0.600. The van der Waals surface area contributed by atoms with E-state index in [0.29, 0.717) is 12.4 Å². The number of amides is 1. The van der Waals surface area contributed by atoms with Crippen molar-refractivity contribution in [1.82, 2.24) is 14.9 Å². The van der Waals surface area contributed by atoms with Crippen molar-refractivity contribution in [3.8, 4) is 17.1 Å². The zero-order chi connectivity index (χ0) is 27.4. The topological polar surface area (TPSA) is 73.5 Å². The number of imidazole rings is 1. The fraction of sp³-hybridized carbons (Fsp3) is 0.310. The third kappa shape index (κ3) is 6.34. The lowest BCUT2D eigenvalue weighted by atomic mass is 10.1. The van der Waals surface area contributed by atoms with E-state index in [2.05, 4.69) is 64.2 Å². The Labute approximate surface area is 224 Å². The SMILES string of the molecule is CCc1ccc(-c2nc3c(N4CCN(CCOc5ccc(NC(=O)C(F)(F)F)cc5)CC4)cccc3[nH]2)cc1. The van der Waals surface area contributed by atoms with Gasteiger partial charge in [0.25, 0.3) is 0 Å². The minimum atomic E-state index is -4.92. The van der Waals surface area contributed by atoms with E-state index in [0.717, 1.165) is 67.3 Å². The van der Waals surface area contributed by atoms with Crippen LogP contribution >= 0.6 is 0 Å². The molecule has 3 aromatic carbocycles. The van der Waals surface area contributed by atoms with E-state index in [1.807, 2.05) is 5.32 Å². The Kier molecular flexibility index (Phi) is 7.74. The fourth-order valence-electron chi connectivity index (χ4n) is 4.65. The number of piperazine rings is 1. The quantitative estimate of drug-likeness (QED) is 0.311. The summed E-state index contributed by atoms with van der Waals surface area (Å²) in [6, 6.07) is 20.6. The number of fused-ring (bicyclic) bond motifs is 1. The molecule has 2 heterocycles. The highest BCUT2D eigenvalue weighted by molar-refractivity contribution is 5.95. The first-order chi connectivity index (χ1) is 18.8. The van der Waals surface area contributed by atoms with Crippen LogP contribution in [0.3, 0.4) is 0 Å². The number of para-hydroxylation sites is 1. The molecule has 0 aliphatic carbocycles. The second-order valence-electron chi connectivity index (χ2n) is 9.46. The number of rotatable bonds is 8. The molecular formula is C29H30F3N5O2. The minimum Gasteiger partial charge on any atom is -0.492 e. The maximum atomic E-state index is 12.4. The lowest BCUT2D eigenvalue weighted by molar-refractivity contribution is -0.167. The Morgan fingerprint density at radius 1 is 1.00 bits per heavy atom. The molecule has 1 saturated heterocycles.